The lowest BCUT2D eigenvalue weighted by Gasteiger charge is -2.34. The third-order valence-electron chi connectivity index (χ3n) is 5.79. The van der Waals surface area contributed by atoms with E-state index in [1.54, 1.807) is 32.9 Å². The van der Waals surface area contributed by atoms with E-state index in [9.17, 15) is 19.5 Å². The molecule has 0 heterocycles. The van der Waals surface area contributed by atoms with Crippen LogP contribution < -0.4 is 10.6 Å². The number of alkyl carbamates (subject to hydrolysis) is 1. The maximum absolute atomic E-state index is 13.9. The second kappa shape index (κ2) is 15.3. The lowest BCUT2D eigenvalue weighted by molar-refractivity contribution is -0.142. The molecule has 38 heavy (non-hydrogen) atoms. The molecule has 0 aliphatic carbocycles. The monoisotopic (exact) mass is 543 g/mol. The Balaban J connectivity index is 2.39. The van der Waals surface area contributed by atoms with Crippen LogP contribution in [0, 0.1) is 0 Å². The van der Waals surface area contributed by atoms with Crippen molar-refractivity contribution < 1.29 is 24.2 Å². The number of phenols is 1. The van der Waals surface area contributed by atoms with Gasteiger partial charge in [-0.05, 0) is 50.5 Å². The van der Waals surface area contributed by atoms with Gasteiger partial charge in [0.2, 0.25) is 11.8 Å². The van der Waals surface area contributed by atoms with Crippen molar-refractivity contribution in [2.75, 3.05) is 12.3 Å². The molecule has 2 aromatic rings. The van der Waals surface area contributed by atoms with E-state index in [2.05, 4.69) is 30.2 Å². The number of phenolic OH excluding ortho intramolecular Hbond substituents is 1. The lowest BCUT2D eigenvalue weighted by Crippen LogP contribution is -2.54. The summed E-state index contributed by atoms with van der Waals surface area (Å²) < 4.78 is 5.34. The minimum atomic E-state index is -0.999. The van der Waals surface area contributed by atoms with Crippen molar-refractivity contribution in [3.05, 3.63) is 65.7 Å². The molecular formula is C29H41N3O5S. The molecule has 0 aliphatic heterocycles. The number of aromatic hydroxyl groups is 1. The third-order valence-corrected chi connectivity index (χ3v) is 6.15. The van der Waals surface area contributed by atoms with Crippen molar-refractivity contribution in [3.8, 4) is 5.75 Å². The summed E-state index contributed by atoms with van der Waals surface area (Å²) in [5.41, 5.74) is 0.735. The molecule has 8 nitrogen and oxygen atoms in total. The van der Waals surface area contributed by atoms with Gasteiger partial charge >= 0.3 is 6.09 Å². The van der Waals surface area contributed by atoms with Gasteiger partial charge in [-0.3, -0.25) is 9.59 Å². The summed E-state index contributed by atoms with van der Waals surface area (Å²) in [7, 11) is 0. The number of carbonyl (C=O) groups excluding carboxylic acids is 3. The fourth-order valence-corrected chi connectivity index (χ4v) is 4.17. The van der Waals surface area contributed by atoms with Crippen molar-refractivity contribution in [1.82, 2.24) is 15.5 Å². The van der Waals surface area contributed by atoms with Gasteiger partial charge in [-0.1, -0.05) is 68.7 Å². The first kappa shape index (κ1) is 31.0. The van der Waals surface area contributed by atoms with Crippen LogP contribution in [0.5, 0.6) is 5.75 Å². The minimum absolute atomic E-state index is 0.0253. The Morgan fingerprint density at radius 3 is 2.24 bits per heavy atom. The average Bonchev–Trinajstić information content (AvgIpc) is 2.87. The quantitative estimate of drug-likeness (QED) is 0.211. The van der Waals surface area contributed by atoms with Crippen LogP contribution in [0.25, 0.3) is 0 Å². The first-order chi connectivity index (χ1) is 18.1. The highest BCUT2D eigenvalue weighted by Crippen LogP contribution is 2.26. The van der Waals surface area contributed by atoms with Gasteiger partial charge in [-0.15, -0.1) is 0 Å². The number of ether oxygens (including phenoxy) is 1. The Hall–Kier alpha value is -3.20. The molecule has 2 aromatic carbocycles. The highest BCUT2D eigenvalue weighted by molar-refractivity contribution is 7.80. The number of thiol groups is 1. The number of nitrogens with one attached hydrogen (secondary N) is 2. The molecule has 0 fully saturated rings. The van der Waals surface area contributed by atoms with Crippen LogP contribution >= 0.6 is 12.6 Å². The zero-order valence-corrected chi connectivity index (χ0v) is 23.7. The normalized spacial score (nSPS) is 12.8. The largest absolute Gasteiger partial charge is 0.508 e. The van der Waals surface area contributed by atoms with Crippen LogP contribution in [0.1, 0.15) is 70.5 Å². The van der Waals surface area contributed by atoms with Gasteiger partial charge in [0.25, 0.3) is 0 Å². The lowest BCUT2D eigenvalue weighted by atomic mass is 10.0. The molecule has 0 aromatic heterocycles. The van der Waals surface area contributed by atoms with Crippen LogP contribution in [0.15, 0.2) is 54.6 Å². The highest BCUT2D eigenvalue weighted by Gasteiger charge is 2.35. The van der Waals surface area contributed by atoms with Gasteiger partial charge in [0, 0.05) is 18.8 Å². The Morgan fingerprint density at radius 2 is 1.66 bits per heavy atom. The molecule has 2 unspecified atom stereocenters. The molecule has 3 N–H and O–H groups in total. The van der Waals surface area contributed by atoms with Crippen molar-refractivity contribution in [2.45, 2.75) is 77.6 Å². The molecule has 0 spiro atoms. The predicted molar refractivity (Wildman–Crippen MR) is 152 cm³/mol. The van der Waals surface area contributed by atoms with Gasteiger partial charge in [0.05, 0.1) is 0 Å². The van der Waals surface area contributed by atoms with E-state index >= 15 is 0 Å². The SMILES string of the molecule is CCCCCCN(C(=O)C(CS)NC(=O)OC(C)(C)C)C(C(=O)NCc1ccccc1)c1ccc(O)cc1. The zero-order valence-electron chi connectivity index (χ0n) is 22.8. The molecular weight excluding hydrogens is 502 g/mol. The highest BCUT2D eigenvalue weighted by atomic mass is 32.1. The summed E-state index contributed by atoms with van der Waals surface area (Å²) in [4.78, 5) is 41.5. The average molecular weight is 544 g/mol. The van der Waals surface area contributed by atoms with E-state index in [1.165, 1.54) is 17.0 Å². The van der Waals surface area contributed by atoms with Gasteiger partial charge < -0.3 is 25.4 Å². The minimum Gasteiger partial charge on any atom is -0.508 e. The summed E-state index contributed by atoms with van der Waals surface area (Å²) in [5, 5.41) is 15.4. The Kier molecular flexibility index (Phi) is 12.5. The molecule has 0 saturated heterocycles. The van der Waals surface area contributed by atoms with Crippen LogP contribution in [-0.4, -0.2) is 51.9 Å². The standard InChI is InChI=1S/C29H41N3O5S/c1-5-6-7-11-18-32(27(35)24(20-38)31-28(36)37-29(2,3)4)25(22-14-16-23(33)17-15-22)26(34)30-19-21-12-9-8-10-13-21/h8-10,12-17,24-25,33,38H,5-7,11,18-20H2,1-4H3,(H,30,34)(H,31,36). The number of hydrogen-bond acceptors (Lipinski definition) is 6. The maximum atomic E-state index is 13.9. The first-order valence-corrected chi connectivity index (χ1v) is 13.7. The third kappa shape index (κ3) is 10.3. The number of unbranched alkanes of at least 4 members (excludes halogenated alkanes) is 3. The van der Waals surface area contributed by atoms with Crippen molar-refractivity contribution in [3.63, 3.8) is 0 Å². The number of nitrogens with zero attached hydrogens (tertiary/aromatic N) is 1. The number of hydrogen-bond donors (Lipinski definition) is 4. The van der Waals surface area contributed by atoms with Gasteiger partial charge in [0.15, 0.2) is 0 Å². The van der Waals surface area contributed by atoms with Crippen LogP contribution in [0.2, 0.25) is 0 Å². The Bertz CT molecular complexity index is 1020. The van der Waals surface area contributed by atoms with Gasteiger partial charge in [0.1, 0.15) is 23.4 Å². The summed E-state index contributed by atoms with van der Waals surface area (Å²) in [6, 6.07) is 13.8. The predicted octanol–water partition coefficient (Wildman–Crippen LogP) is 4.98. The second-order valence-corrected chi connectivity index (χ2v) is 10.5. The summed E-state index contributed by atoms with van der Waals surface area (Å²) >= 11 is 4.32. The van der Waals surface area contributed by atoms with E-state index in [0.29, 0.717) is 18.5 Å². The number of benzene rings is 2. The van der Waals surface area contributed by atoms with Crippen LogP contribution in [0.4, 0.5) is 4.79 Å². The molecule has 0 aliphatic rings. The van der Waals surface area contributed by atoms with Crippen LogP contribution in [0.3, 0.4) is 0 Å². The van der Waals surface area contributed by atoms with Gasteiger partial charge in [-0.2, -0.15) is 12.6 Å². The first-order valence-electron chi connectivity index (χ1n) is 13.1. The van der Waals surface area contributed by atoms with E-state index in [0.717, 1.165) is 24.8 Å². The number of rotatable bonds is 13. The second-order valence-electron chi connectivity index (χ2n) is 10.2. The van der Waals surface area contributed by atoms with Crippen LogP contribution in [-0.2, 0) is 20.9 Å². The number of amides is 3. The number of carbonyl (C=O) groups is 3. The molecule has 0 saturated carbocycles. The molecule has 0 bridgehead atoms. The Labute approximate surface area is 231 Å². The fraction of sp³-hybridized carbons (Fsp3) is 0.483. The fourth-order valence-electron chi connectivity index (χ4n) is 3.92. The maximum Gasteiger partial charge on any atom is 0.408 e. The van der Waals surface area contributed by atoms with E-state index in [-0.39, 0.29) is 24.0 Å². The molecule has 3 amide bonds. The van der Waals surface area contributed by atoms with E-state index < -0.39 is 29.7 Å². The van der Waals surface area contributed by atoms with Gasteiger partial charge in [-0.25, -0.2) is 4.79 Å². The zero-order chi connectivity index (χ0) is 28.1. The van der Waals surface area contributed by atoms with Crippen molar-refractivity contribution in [1.29, 1.82) is 0 Å². The molecule has 9 heteroatoms. The smallest absolute Gasteiger partial charge is 0.408 e. The topological polar surface area (TPSA) is 108 Å². The van der Waals surface area contributed by atoms with Crippen molar-refractivity contribution >= 4 is 30.5 Å². The molecule has 2 rings (SSSR count). The summed E-state index contributed by atoms with van der Waals surface area (Å²) in [5.74, 6) is -0.719. The summed E-state index contributed by atoms with van der Waals surface area (Å²) in [6.45, 7) is 7.91. The summed E-state index contributed by atoms with van der Waals surface area (Å²) in [6.07, 6.45) is 2.86. The van der Waals surface area contributed by atoms with E-state index in [1.807, 2.05) is 30.3 Å². The molecule has 2 atom stereocenters. The van der Waals surface area contributed by atoms with E-state index in [4.69, 9.17) is 4.74 Å². The molecule has 208 valence electrons. The Morgan fingerprint density at radius 1 is 1.00 bits per heavy atom. The van der Waals surface area contributed by atoms with Crippen molar-refractivity contribution in [2.24, 2.45) is 0 Å². The molecule has 0 radical (unpaired) electrons.